The molecule has 0 heterocycles. The van der Waals surface area contributed by atoms with Gasteiger partial charge in [0, 0.05) is 18.1 Å². The molecule has 2 heteroatoms. The average molecular weight is 223 g/mol. The molecule has 1 fully saturated rings. The summed E-state index contributed by atoms with van der Waals surface area (Å²) in [6.45, 7) is 6.09. The smallest absolute Gasteiger partial charge is 0.0111 e. The topological polar surface area (TPSA) is 12.0 Å². The van der Waals surface area contributed by atoms with Gasteiger partial charge in [-0.3, -0.25) is 0 Å². The summed E-state index contributed by atoms with van der Waals surface area (Å²) in [5, 5.41) is 3.58. The molecular formula is C13H21NS. The maximum atomic E-state index is 3.72. The van der Waals surface area contributed by atoms with E-state index in [1.807, 2.05) is 17.8 Å². The fraction of sp³-hybridized carbons (Fsp3) is 0.692. The zero-order chi connectivity index (χ0) is 10.5. The van der Waals surface area contributed by atoms with Gasteiger partial charge in [0.15, 0.2) is 0 Å². The van der Waals surface area contributed by atoms with E-state index < -0.39 is 0 Å². The molecule has 84 valence electrons. The van der Waals surface area contributed by atoms with Crippen LogP contribution in [0.1, 0.15) is 12.8 Å². The van der Waals surface area contributed by atoms with Crippen molar-refractivity contribution in [3.8, 4) is 0 Å². The van der Waals surface area contributed by atoms with Crippen LogP contribution < -0.4 is 5.32 Å². The van der Waals surface area contributed by atoms with Gasteiger partial charge in [-0.2, -0.15) is 11.8 Å². The lowest BCUT2D eigenvalue weighted by Crippen LogP contribution is -2.27. The molecule has 0 aliphatic heterocycles. The van der Waals surface area contributed by atoms with Crippen LogP contribution in [0.4, 0.5) is 0 Å². The lowest BCUT2D eigenvalue weighted by atomic mass is 9.94. The van der Waals surface area contributed by atoms with Crippen LogP contribution in [-0.4, -0.2) is 24.6 Å². The van der Waals surface area contributed by atoms with Gasteiger partial charge in [0.1, 0.15) is 0 Å². The van der Waals surface area contributed by atoms with Crippen molar-refractivity contribution in [3.63, 3.8) is 0 Å². The van der Waals surface area contributed by atoms with Crippen molar-refractivity contribution >= 4 is 11.8 Å². The second kappa shape index (κ2) is 5.76. The monoisotopic (exact) mass is 223 g/mol. The van der Waals surface area contributed by atoms with Crippen LogP contribution in [0.15, 0.2) is 24.8 Å². The van der Waals surface area contributed by atoms with Gasteiger partial charge in [-0.1, -0.05) is 18.2 Å². The molecule has 0 aromatic heterocycles. The standard InChI is InChI=1S/C13H21NS/c1-2-6-15-7-5-14-10-13-9-11-3-4-12(13)8-11/h2-4,11-14H,1,5-10H2. The van der Waals surface area contributed by atoms with Crippen molar-refractivity contribution < 1.29 is 0 Å². The van der Waals surface area contributed by atoms with Gasteiger partial charge in [-0.05, 0) is 37.1 Å². The van der Waals surface area contributed by atoms with Crippen molar-refractivity contribution in [1.82, 2.24) is 5.32 Å². The predicted molar refractivity (Wildman–Crippen MR) is 69.2 cm³/mol. The van der Waals surface area contributed by atoms with E-state index in [-0.39, 0.29) is 0 Å². The van der Waals surface area contributed by atoms with Crippen LogP contribution in [0.3, 0.4) is 0 Å². The van der Waals surface area contributed by atoms with E-state index in [0.717, 1.165) is 30.1 Å². The van der Waals surface area contributed by atoms with Crippen LogP contribution in [0.5, 0.6) is 0 Å². The lowest BCUT2D eigenvalue weighted by Gasteiger charge is -2.18. The van der Waals surface area contributed by atoms with Crippen molar-refractivity contribution in [2.24, 2.45) is 17.8 Å². The molecule has 0 radical (unpaired) electrons. The molecule has 1 N–H and O–H groups in total. The highest BCUT2D eigenvalue weighted by atomic mass is 32.2. The van der Waals surface area contributed by atoms with E-state index in [0.29, 0.717) is 0 Å². The second-order valence-electron chi connectivity index (χ2n) is 4.61. The number of thioether (sulfide) groups is 1. The summed E-state index contributed by atoms with van der Waals surface area (Å²) in [6.07, 6.45) is 9.69. The van der Waals surface area contributed by atoms with E-state index in [1.165, 1.54) is 25.1 Å². The van der Waals surface area contributed by atoms with Gasteiger partial charge in [0.05, 0.1) is 0 Å². The largest absolute Gasteiger partial charge is 0.316 e. The molecule has 2 rings (SSSR count). The Balaban J connectivity index is 1.52. The Morgan fingerprint density at radius 3 is 3.00 bits per heavy atom. The van der Waals surface area contributed by atoms with Crippen LogP contribution in [0, 0.1) is 17.8 Å². The predicted octanol–water partition coefficient (Wildman–Crippen LogP) is 2.71. The van der Waals surface area contributed by atoms with E-state index in [4.69, 9.17) is 0 Å². The van der Waals surface area contributed by atoms with Crippen molar-refractivity contribution in [2.45, 2.75) is 12.8 Å². The minimum absolute atomic E-state index is 0.892. The first-order valence-corrected chi connectivity index (χ1v) is 7.13. The van der Waals surface area contributed by atoms with E-state index in [1.54, 1.807) is 0 Å². The highest BCUT2D eigenvalue weighted by molar-refractivity contribution is 7.99. The number of hydrogen-bond donors (Lipinski definition) is 1. The Labute approximate surface area is 97.4 Å². The Bertz CT molecular complexity index is 237. The molecule has 0 spiro atoms. The fourth-order valence-electron chi connectivity index (χ4n) is 2.73. The summed E-state index contributed by atoms with van der Waals surface area (Å²) in [4.78, 5) is 0. The van der Waals surface area contributed by atoms with Gasteiger partial charge in [-0.15, -0.1) is 6.58 Å². The highest BCUT2D eigenvalue weighted by Gasteiger charge is 2.34. The number of fused-ring (bicyclic) bond motifs is 2. The molecule has 3 atom stereocenters. The SMILES string of the molecule is C=CCSCCNCC1CC2C=CC1C2. The Morgan fingerprint density at radius 2 is 2.33 bits per heavy atom. The molecule has 3 unspecified atom stereocenters. The van der Waals surface area contributed by atoms with Crippen LogP contribution >= 0.6 is 11.8 Å². The number of nitrogens with one attached hydrogen (secondary N) is 1. The van der Waals surface area contributed by atoms with E-state index in [2.05, 4.69) is 24.0 Å². The second-order valence-corrected chi connectivity index (χ2v) is 5.76. The summed E-state index contributed by atoms with van der Waals surface area (Å²) >= 11 is 1.96. The summed E-state index contributed by atoms with van der Waals surface area (Å²) < 4.78 is 0. The van der Waals surface area contributed by atoms with Gasteiger partial charge in [-0.25, -0.2) is 0 Å². The zero-order valence-corrected chi connectivity index (χ0v) is 10.1. The molecule has 0 amide bonds. The number of allylic oxidation sites excluding steroid dienone is 2. The van der Waals surface area contributed by atoms with Crippen molar-refractivity contribution in [1.29, 1.82) is 0 Å². The van der Waals surface area contributed by atoms with Gasteiger partial charge in [0.2, 0.25) is 0 Å². The number of rotatable bonds is 7. The molecule has 0 aromatic rings. The fourth-order valence-corrected chi connectivity index (χ4v) is 3.35. The van der Waals surface area contributed by atoms with Crippen molar-refractivity contribution in [2.75, 3.05) is 24.6 Å². The third-order valence-corrected chi connectivity index (χ3v) is 4.45. The van der Waals surface area contributed by atoms with Gasteiger partial charge in [0.25, 0.3) is 0 Å². The molecule has 1 saturated carbocycles. The molecule has 15 heavy (non-hydrogen) atoms. The molecule has 2 aliphatic carbocycles. The molecule has 2 bridgehead atoms. The van der Waals surface area contributed by atoms with Crippen LogP contribution in [0.2, 0.25) is 0 Å². The van der Waals surface area contributed by atoms with Crippen molar-refractivity contribution in [3.05, 3.63) is 24.8 Å². The maximum Gasteiger partial charge on any atom is 0.0111 e. The van der Waals surface area contributed by atoms with Crippen LogP contribution in [0.25, 0.3) is 0 Å². The number of hydrogen-bond acceptors (Lipinski definition) is 2. The highest BCUT2D eigenvalue weighted by Crippen LogP contribution is 2.42. The Kier molecular flexibility index (Phi) is 4.33. The molecular weight excluding hydrogens is 202 g/mol. The van der Waals surface area contributed by atoms with E-state index in [9.17, 15) is 0 Å². The first-order chi connectivity index (χ1) is 7.40. The zero-order valence-electron chi connectivity index (χ0n) is 9.32. The first-order valence-electron chi connectivity index (χ1n) is 5.98. The lowest BCUT2D eigenvalue weighted by molar-refractivity contribution is 0.420. The summed E-state index contributed by atoms with van der Waals surface area (Å²) in [5.41, 5.74) is 0. The molecule has 2 aliphatic rings. The first kappa shape index (κ1) is 11.3. The average Bonchev–Trinajstić information content (AvgIpc) is 2.85. The normalized spacial score (nSPS) is 32.4. The van der Waals surface area contributed by atoms with Crippen LogP contribution in [-0.2, 0) is 0 Å². The molecule has 0 aromatic carbocycles. The van der Waals surface area contributed by atoms with E-state index >= 15 is 0 Å². The summed E-state index contributed by atoms with van der Waals surface area (Å²) in [7, 11) is 0. The summed E-state index contributed by atoms with van der Waals surface area (Å²) in [6, 6.07) is 0. The van der Waals surface area contributed by atoms with Gasteiger partial charge >= 0.3 is 0 Å². The Morgan fingerprint density at radius 1 is 1.40 bits per heavy atom. The molecule has 0 saturated heterocycles. The summed E-state index contributed by atoms with van der Waals surface area (Å²) in [5.74, 6) is 5.02. The Hall–Kier alpha value is -0.210. The van der Waals surface area contributed by atoms with Gasteiger partial charge < -0.3 is 5.32 Å². The quantitative estimate of drug-likeness (QED) is 0.526. The minimum atomic E-state index is 0.892. The third kappa shape index (κ3) is 3.12. The maximum absolute atomic E-state index is 3.72. The minimum Gasteiger partial charge on any atom is -0.316 e. The molecule has 1 nitrogen and oxygen atoms in total. The third-order valence-electron chi connectivity index (χ3n) is 3.48.